The van der Waals surface area contributed by atoms with Crippen LogP contribution >= 0.6 is 40.7 Å². The van der Waals surface area contributed by atoms with E-state index in [1.807, 2.05) is 12.1 Å². The fourth-order valence-electron chi connectivity index (χ4n) is 2.53. The molecule has 0 aliphatic rings. The maximum atomic E-state index is 13.0. The molecule has 0 heterocycles. The number of rotatable bonds is 12. The van der Waals surface area contributed by atoms with E-state index in [-0.39, 0.29) is 37.2 Å². The molecule has 5 nitrogen and oxygen atoms in total. The fourth-order valence-corrected chi connectivity index (χ4v) is 3.13. The molecule has 164 valence electrons. The quantitative estimate of drug-likeness (QED) is 0.373. The summed E-state index contributed by atoms with van der Waals surface area (Å²) in [6.45, 7) is 3.58. The highest BCUT2D eigenvalue weighted by Gasteiger charge is 2.12. The maximum absolute atomic E-state index is 13.0. The van der Waals surface area contributed by atoms with Crippen LogP contribution in [0.25, 0.3) is 0 Å². The average molecular weight is 514 g/mol. The molecular formula is C20H28BrCl2FN2O3. The zero-order valence-electron chi connectivity index (χ0n) is 16.2. The molecule has 29 heavy (non-hydrogen) atoms. The number of hydrogen-bond acceptors (Lipinski definition) is 5. The predicted octanol–water partition coefficient (Wildman–Crippen LogP) is 4.08. The summed E-state index contributed by atoms with van der Waals surface area (Å²) in [5.74, 6) is 1.00. The van der Waals surface area contributed by atoms with Gasteiger partial charge in [0, 0.05) is 13.1 Å². The molecule has 3 N–H and O–H groups in total. The monoisotopic (exact) mass is 512 g/mol. The Kier molecular flexibility index (Phi) is 15.1. The van der Waals surface area contributed by atoms with Gasteiger partial charge in [0.05, 0.1) is 18.2 Å². The van der Waals surface area contributed by atoms with Gasteiger partial charge in [-0.2, -0.15) is 0 Å². The first-order valence-electron chi connectivity index (χ1n) is 8.90. The lowest BCUT2D eigenvalue weighted by Gasteiger charge is -2.15. The third-order valence-electron chi connectivity index (χ3n) is 3.91. The van der Waals surface area contributed by atoms with E-state index in [0.29, 0.717) is 31.2 Å². The molecule has 0 fully saturated rings. The number of aliphatic hydroxyl groups is 1. The van der Waals surface area contributed by atoms with E-state index in [2.05, 4.69) is 26.6 Å². The van der Waals surface area contributed by atoms with Crippen molar-refractivity contribution in [3.8, 4) is 11.5 Å². The van der Waals surface area contributed by atoms with Crippen molar-refractivity contribution in [2.24, 2.45) is 0 Å². The van der Waals surface area contributed by atoms with Crippen LogP contribution in [0.2, 0.25) is 0 Å². The minimum Gasteiger partial charge on any atom is -0.493 e. The zero-order chi connectivity index (χ0) is 19.5. The van der Waals surface area contributed by atoms with Crippen molar-refractivity contribution in [2.45, 2.75) is 19.6 Å². The van der Waals surface area contributed by atoms with Gasteiger partial charge in [0.15, 0.2) is 11.5 Å². The number of hydrogen-bond donors (Lipinski definition) is 3. The van der Waals surface area contributed by atoms with Gasteiger partial charge in [0.25, 0.3) is 0 Å². The van der Waals surface area contributed by atoms with Crippen LogP contribution in [0.1, 0.15) is 17.5 Å². The van der Waals surface area contributed by atoms with E-state index in [9.17, 15) is 4.39 Å². The highest BCUT2D eigenvalue weighted by atomic mass is 79.9. The lowest BCUT2D eigenvalue weighted by molar-refractivity contribution is 0.282. The maximum Gasteiger partial charge on any atom is 0.175 e. The van der Waals surface area contributed by atoms with Crippen molar-refractivity contribution < 1.29 is 19.0 Å². The second-order valence-corrected chi connectivity index (χ2v) is 6.88. The SMILES string of the molecule is COc1cc(CNCCCNCCO)cc(Br)c1OCc1ccc(F)cc1.Cl.Cl. The van der Waals surface area contributed by atoms with Crippen molar-refractivity contribution in [2.75, 3.05) is 33.4 Å². The van der Waals surface area contributed by atoms with Gasteiger partial charge in [0.2, 0.25) is 0 Å². The Bertz CT molecular complexity index is 709. The van der Waals surface area contributed by atoms with E-state index in [0.717, 1.165) is 35.1 Å². The van der Waals surface area contributed by atoms with Crippen molar-refractivity contribution >= 4 is 40.7 Å². The third-order valence-corrected chi connectivity index (χ3v) is 4.50. The number of nitrogens with one attached hydrogen (secondary N) is 2. The second-order valence-electron chi connectivity index (χ2n) is 6.03. The van der Waals surface area contributed by atoms with E-state index in [4.69, 9.17) is 14.6 Å². The number of ether oxygens (including phenoxy) is 2. The highest BCUT2D eigenvalue weighted by molar-refractivity contribution is 9.10. The molecule has 9 heteroatoms. The molecule has 0 aromatic heterocycles. The lowest BCUT2D eigenvalue weighted by Crippen LogP contribution is -2.23. The van der Waals surface area contributed by atoms with Gasteiger partial charge in [-0.05, 0) is 70.8 Å². The predicted molar refractivity (Wildman–Crippen MR) is 122 cm³/mol. The van der Waals surface area contributed by atoms with E-state index in [1.165, 1.54) is 12.1 Å². The van der Waals surface area contributed by atoms with Crippen molar-refractivity contribution in [3.63, 3.8) is 0 Å². The Morgan fingerprint density at radius 2 is 1.69 bits per heavy atom. The summed E-state index contributed by atoms with van der Waals surface area (Å²) >= 11 is 3.55. The van der Waals surface area contributed by atoms with Crippen LogP contribution in [0.3, 0.4) is 0 Å². The Hall–Kier alpha value is -1.09. The van der Waals surface area contributed by atoms with Crippen molar-refractivity contribution in [1.82, 2.24) is 10.6 Å². The summed E-state index contributed by atoms with van der Waals surface area (Å²) in [7, 11) is 1.61. The molecule has 0 amide bonds. The van der Waals surface area contributed by atoms with Crippen LogP contribution < -0.4 is 20.1 Å². The number of aliphatic hydroxyl groups excluding tert-OH is 1. The minimum atomic E-state index is -0.265. The molecule has 0 bridgehead atoms. The minimum absolute atomic E-state index is 0. The van der Waals surface area contributed by atoms with E-state index in [1.54, 1.807) is 19.2 Å². The normalized spacial score (nSPS) is 10.1. The van der Waals surface area contributed by atoms with Gasteiger partial charge < -0.3 is 25.2 Å². The standard InChI is InChI=1S/C20H26BrFN2O3.2ClH/c1-26-19-12-16(13-24-8-2-7-23-9-10-25)11-18(21)20(19)27-14-15-3-5-17(22)6-4-15;;/h3-6,11-12,23-25H,2,7-10,13-14H2,1H3;2*1H. The Morgan fingerprint density at radius 3 is 2.34 bits per heavy atom. The van der Waals surface area contributed by atoms with Gasteiger partial charge in [-0.15, -0.1) is 24.8 Å². The summed E-state index contributed by atoms with van der Waals surface area (Å²) in [4.78, 5) is 0. The first kappa shape index (κ1) is 27.9. The molecule has 0 atom stereocenters. The van der Waals surface area contributed by atoms with Crippen LogP contribution in [0, 0.1) is 5.82 Å². The molecule has 0 radical (unpaired) electrons. The van der Waals surface area contributed by atoms with Gasteiger partial charge >= 0.3 is 0 Å². The molecule has 0 unspecified atom stereocenters. The van der Waals surface area contributed by atoms with Crippen LogP contribution in [-0.2, 0) is 13.2 Å². The number of methoxy groups -OCH3 is 1. The third kappa shape index (κ3) is 9.98. The Balaban J connectivity index is 0.00000392. The molecule has 2 aromatic carbocycles. The first-order chi connectivity index (χ1) is 13.1. The topological polar surface area (TPSA) is 62.8 Å². The molecule has 0 aliphatic heterocycles. The molecule has 2 rings (SSSR count). The summed E-state index contributed by atoms with van der Waals surface area (Å²) in [6.07, 6.45) is 0.983. The summed E-state index contributed by atoms with van der Waals surface area (Å²) in [6, 6.07) is 10.2. The van der Waals surface area contributed by atoms with Crippen LogP contribution in [0.15, 0.2) is 40.9 Å². The van der Waals surface area contributed by atoms with Gasteiger partial charge in [-0.25, -0.2) is 4.39 Å². The molecule has 2 aromatic rings. The Morgan fingerprint density at radius 1 is 1.00 bits per heavy atom. The largest absolute Gasteiger partial charge is 0.493 e. The molecule has 0 saturated carbocycles. The number of halogens is 4. The summed E-state index contributed by atoms with van der Waals surface area (Å²) in [5.41, 5.74) is 1.96. The fraction of sp³-hybridized carbons (Fsp3) is 0.400. The molecule has 0 aliphatic carbocycles. The second kappa shape index (κ2) is 15.7. The van der Waals surface area contributed by atoms with Crippen molar-refractivity contribution in [1.29, 1.82) is 0 Å². The van der Waals surface area contributed by atoms with Crippen LogP contribution in [0.5, 0.6) is 11.5 Å². The van der Waals surface area contributed by atoms with Crippen molar-refractivity contribution in [3.05, 3.63) is 57.8 Å². The van der Waals surface area contributed by atoms with Gasteiger partial charge in [-0.3, -0.25) is 0 Å². The summed E-state index contributed by atoms with van der Waals surface area (Å²) < 4.78 is 25.2. The highest BCUT2D eigenvalue weighted by Crippen LogP contribution is 2.37. The lowest BCUT2D eigenvalue weighted by atomic mass is 10.2. The number of benzene rings is 2. The van der Waals surface area contributed by atoms with E-state index >= 15 is 0 Å². The molecule has 0 spiro atoms. The first-order valence-corrected chi connectivity index (χ1v) is 9.69. The van der Waals surface area contributed by atoms with Crippen LogP contribution in [0.4, 0.5) is 4.39 Å². The Labute approximate surface area is 192 Å². The molecule has 0 saturated heterocycles. The zero-order valence-corrected chi connectivity index (χ0v) is 19.5. The summed E-state index contributed by atoms with van der Waals surface area (Å²) in [5, 5.41) is 15.2. The van der Waals surface area contributed by atoms with Gasteiger partial charge in [0.1, 0.15) is 12.4 Å². The van der Waals surface area contributed by atoms with Gasteiger partial charge in [-0.1, -0.05) is 12.1 Å². The van der Waals surface area contributed by atoms with Crippen LogP contribution in [-0.4, -0.2) is 38.5 Å². The average Bonchev–Trinajstić information content (AvgIpc) is 2.67. The smallest absolute Gasteiger partial charge is 0.175 e. The molecular weight excluding hydrogens is 486 g/mol. The van der Waals surface area contributed by atoms with E-state index < -0.39 is 0 Å².